The Morgan fingerprint density at radius 3 is 3.12 bits per heavy atom. The topological polar surface area (TPSA) is 24.4 Å². The standard InChI is InChI=1S/C13H24N2S/c1-2-3-4-5-9-14-13-15-12-8-6-7-11(12)10-16-13/h11-12H,2-10H2,1H3,(H,14,15). The monoisotopic (exact) mass is 240 g/mol. The van der Waals surface area contributed by atoms with Crippen molar-refractivity contribution in [1.29, 1.82) is 0 Å². The Bertz CT molecular complexity index is 240. The minimum atomic E-state index is 0.746. The highest BCUT2D eigenvalue weighted by Gasteiger charge is 2.31. The number of nitrogens with one attached hydrogen (secondary N) is 1. The van der Waals surface area contributed by atoms with Gasteiger partial charge in [0.1, 0.15) is 0 Å². The van der Waals surface area contributed by atoms with Crippen LogP contribution in [0.4, 0.5) is 0 Å². The summed E-state index contributed by atoms with van der Waals surface area (Å²) >= 11 is 1.94. The van der Waals surface area contributed by atoms with E-state index in [2.05, 4.69) is 17.2 Å². The third-order valence-electron chi connectivity index (χ3n) is 3.67. The Labute approximate surface area is 104 Å². The van der Waals surface area contributed by atoms with Gasteiger partial charge in [-0.05, 0) is 25.2 Å². The van der Waals surface area contributed by atoms with E-state index in [-0.39, 0.29) is 0 Å². The minimum absolute atomic E-state index is 0.746. The van der Waals surface area contributed by atoms with Crippen LogP contribution in [-0.4, -0.2) is 23.5 Å². The number of aliphatic imine (C=N–C) groups is 1. The van der Waals surface area contributed by atoms with Crippen LogP contribution < -0.4 is 5.32 Å². The Balaban J connectivity index is 1.67. The van der Waals surface area contributed by atoms with E-state index in [1.165, 1.54) is 55.9 Å². The Kier molecular flexibility index (Phi) is 5.01. The van der Waals surface area contributed by atoms with Crippen LogP contribution in [0.3, 0.4) is 0 Å². The van der Waals surface area contributed by atoms with E-state index < -0.39 is 0 Å². The molecule has 1 N–H and O–H groups in total. The number of nitrogens with zero attached hydrogens (tertiary/aromatic N) is 1. The first-order valence-corrected chi connectivity index (χ1v) is 7.82. The maximum absolute atomic E-state index is 4.68. The van der Waals surface area contributed by atoms with Crippen molar-refractivity contribution in [2.24, 2.45) is 10.9 Å². The molecule has 2 aliphatic rings. The Morgan fingerprint density at radius 1 is 1.31 bits per heavy atom. The van der Waals surface area contributed by atoms with Gasteiger partial charge in [-0.1, -0.05) is 44.4 Å². The summed E-state index contributed by atoms with van der Waals surface area (Å²) in [6.07, 6.45) is 9.46. The molecule has 1 saturated heterocycles. The molecule has 1 heterocycles. The molecule has 2 unspecified atom stereocenters. The molecule has 92 valence electrons. The lowest BCUT2D eigenvalue weighted by Gasteiger charge is -2.28. The van der Waals surface area contributed by atoms with Gasteiger partial charge in [0.15, 0.2) is 5.17 Å². The highest BCUT2D eigenvalue weighted by molar-refractivity contribution is 8.13. The van der Waals surface area contributed by atoms with Crippen LogP contribution in [0.5, 0.6) is 0 Å². The highest BCUT2D eigenvalue weighted by Crippen LogP contribution is 2.32. The first kappa shape index (κ1) is 12.3. The minimum Gasteiger partial charge on any atom is -0.362 e. The number of hydrogen-bond donors (Lipinski definition) is 1. The van der Waals surface area contributed by atoms with Crippen molar-refractivity contribution in [2.45, 2.75) is 57.9 Å². The van der Waals surface area contributed by atoms with Gasteiger partial charge in [0, 0.05) is 18.3 Å². The quantitative estimate of drug-likeness (QED) is 0.745. The molecular weight excluding hydrogens is 216 g/mol. The molecule has 0 amide bonds. The van der Waals surface area contributed by atoms with Crippen LogP contribution in [0.2, 0.25) is 0 Å². The zero-order chi connectivity index (χ0) is 11.2. The summed E-state index contributed by atoms with van der Waals surface area (Å²) < 4.78 is 0. The lowest BCUT2D eigenvalue weighted by Crippen LogP contribution is -2.41. The average molecular weight is 240 g/mol. The van der Waals surface area contributed by atoms with Gasteiger partial charge in [0.25, 0.3) is 0 Å². The molecule has 1 aliphatic heterocycles. The van der Waals surface area contributed by atoms with E-state index in [0.717, 1.165) is 18.5 Å². The number of amidine groups is 1. The van der Waals surface area contributed by atoms with Gasteiger partial charge in [-0.15, -0.1) is 0 Å². The van der Waals surface area contributed by atoms with Gasteiger partial charge < -0.3 is 5.32 Å². The number of fused-ring (bicyclic) bond motifs is 1. The first-order valence-electron chi connectivity index (χ1n) is 6.84. The molecule has 16 heavy (non-hydrogen) atoms. The van der Waals surface area contributed by atoms with Gasteiger partial charge >= 0.3 is 0 Å². The van der Waals surface area contributed by atoms with E-state index in [4.69, 9.17) is 0 Å². The summed E-state index contributed by atoms with van der Waals surface area (Å²) in [5.74, 6) is 2.22. The van der Waals surface area contributed by atoms with Crippen LogP contribution in [0.15, 0.2) is 4.99 Å². The van der Waals surface area contributed by atoms with Crippen LogP contribution in [0, 0.1) is 5.92 Å². The predicted octanol–water partition coefficient (Wildman–Crippen LogP) is 3.43. The summed E-state index contributed by atoms with van der Waals surface area (Å²) in [6, 6.07) is 0.746. The predicted molar refractivity (Wildman–Crippen MR) is 73.2 cm³/mol. The second-order valence-corrected chi connectivity index (χ2v) is 6.01. The van der Waals surface area contributed by atoms with Crippen LogP contribution in [0.1, 0.15) is 51.9 Å². The molecule has 0 aromatic carbocycles. The average Bonchev–Trinajstić information content (AvgIpc) is 2.76. The molecule has 0 aromatic heterocycles. The molecule has 2 atom stereocenters. The molecule has 0 bridgehead atoms. The number of rotatable bonds is 5. The van der Waals surface area contributed by atoms with Crippen LogP contribution in [0.25, 0.3) is 0 Å². The van der Waals surface area contributed by atoms with Crippen LogP contribution in [-0.2, 0) is 0 Å². The summed E-state index contributed by atoms with van der Waals surface area (Å²) in [5, 5.41) is 4.84. The molecule has 0 spiro atoms. The summed E-state index contributed by atoms with van der Waals surface area (Å²) in [5.41, 5.74) is 0. The van der Waals surface area contributed by atoms with E-state index in [1.807, 2.05) is 11.8 Å². The smallest absolute Gasteiger partial charge is 0.156 e. The fourth-order valence-electron chi connectivity index (χ4n) is 2.62. The first-order chi connectivity index (χ1) is 7.90. The third-order valence-corrected chi connectivity index (χ3v) is 4.78. The van der Waals surface area contributed by atoms with E-state index >= 15 is 0 Å². The summed E-state index contributed by atoms with van der Waals surface area (Å²) in [6.45, 7) is 3.28. The molecule has 1 aliphatic carbocycles. The van der Waals surface area contributed by atoms with Gasteiger partial charge in [0.05, 0.1) is 0 Å². The van der Waals surface area contributed by atoms with Crippen LogP contribution >= 0.6 is 11.8 Å². The van der Waals surface area contributed by atoms with Gasteiger partial charge in [-0.25, -0.2) is 0 Å². The molecule has 2 nitrogen and oxygen atoms in total. The lowest BCUT2D eigenvalue weighted by atomic mass is 10.1. The van der Waals surface area contributed by atoms with Crippen molar-refractivity contribution in [3.63, 3.8) is 0 Å². The van der Waals surface area contributed by atoms with Gasteiger partial charge in [-0.2, -0.15) is 0 Å². The maximum atomic E-state index is 4.68. The van der Waals surface area contributed by atoms with E-state index in [1.54, 1.807) is 0 Å². The lowest BCUT2D eigenvalue weighted by molar-refractivity contribution is 0.489. The summed E-state index contributed by atoms with van der Waals surface area (Å²) in [7, 11) is 0. The third kappa shape index (κ3) is 3.41. The van der Waals surface area contributed by atoms with Crippen molar-refractivity contribution in [3.8, 4) is 0 Å². The van der Waals surface area contributed by atoms with Gasteiger partial charge in [-0.3, -0.25) is 4.99 Å². The fourth-order valence-corrected chi connectivity index (χ4v) is 3.81. The second-order valence-electron chi connectivity index (χ2n) is 5.00. The van der Waals surface area contributed by atoms with E-state index in [0.29, 0.717) is 0 Å². The Hall–Kier alpha value is -0.180. The fraction of sp³-hybridized carbons (Fsp3) is 0.923. The number of unbranched alkanes of at least 4 members (excludes halogenated alkanes) is 3. The molecule has 2 fully saturated rings. The summed E-state index contributed by atoms with van der Waals surface area (Å²) in [4.78, 5) is 4.68. The SMILES string of the molecule is CCCCCCN=C1NC2CCCC2CS1. The zero-order valence-electron chi connectivity index (χ0n) is 10.4. The number of thioether (sulfide) groups is 1. The molecule has 2 rings (SSSR count). The van der Waals surface area contributed by atoms with Crippen molar-refractivity contribution in [3.05, 3.63) is 0 Å². The highest BCUT2D eigenvalue weighted by atomic mass is 32.2. The maximum Gasteiger partial charge on any atom is 0.156 e. The molecule has 3 heteroatoms. The zero-order valence-corrected chi connectivity index (χ0v) is 11.2. The largest absolute Gasteiger partial charge is 0.362 e. The van der Waals surface area contributed by atoms with Crippen molar-refractivity contribution >= 4 is 16.9 Å². The second kappa shape index (κ2) is 6.53. The molecule has 1 saturated carbocycles. The van der Waals surface area contributed by atoms with Crippen molar-refractivity contribution in [2.75, 3.05) is 12.3 Å². The number of hydrogen-bond acceptors (Lipinski definition) is 2. The Morgan fingerprint density at radius 2 is 2.25 bits per heavy atom. The normalized spacial score (nSPS) is 31.4. The van der Waals surface area contributed by atoms with E-state index in [9.17, 15) is 0 Å². The van der Waals surface area contributed by atoms with Crippen molar-refractivity contribution < 1.29 is 0 Å². The van der Waals surface area contributed by atoms with Gasteiger partial charge in [0.2, 0.25) is 0 Å². The molecule has 0 radical (unpaired) electrons. The molecule has 0 aromatic rings. The molecular formula is C13H24N2S. The van der Waals surface area contributed by atoms with Crippen molar-refractivity contribution in [1.82, 2.24) is 5.32 Å².